The predicted octanol–water partition coefficient (Wildman–Crippen LogP) is 1.56. The van der Waals surface area contributed by atoms with Crippen molar-refractivity contribution in [1.29, 1.82) is 0 Å². The number of nitrogens with one attached hydrogen (secondary N) is 1. The van der Waals surface area contributed by atoms with Crippen molar-refractivity contribution in [2.45, 2.75) is 63.6 Å². The third-order valence-corrected chi connectivity index (χ3v) is 7.40. The summed E-state index contributed by atoms with van der Waals surface area (Å²) >= 11 is 0. The molecular weight excluding hydrogens is 364 g/mol. The van der Waals surface area contributed by atoms with Crippen molar-refractivity contribution in [3.63, 3.8) is 0 Å². The summed E-state index contributed by atoms with van der Waals surface area (Å²) in [4.78, 5) is 9.59. The molecule has 0 aliphatic carbocycles. The van der Waals surface area contributed by atoms with Crippen molar-refractivity contribution < 1.29 is 8.42 Å². The summed E-state index contributed by atoms with van der Waals surface area (Å²) in [5.74, 6) is 0.625. The first-order valence-electron chi connectivity index (χ1n) is 9.62. The van der Waals surface area contributed by atoms with Gasteiger partial charge in [0, 0.05) is 56.3 Å². The number of hydrogen-bond donors (Lipinski definition) is 1. The van der Waals surface area contributed by atoms with E-state index in [9.17, 15) is 8.42 Å². The number of aryl methyl sites for hydroxylation is 2. The summed E-state index contributed by atoms with van der Waals surface area (Å²) < 4.78 is 30.1. The minimum atomic E-state index is -3.64. The molecule has 0 amide bonds. The van der Waals surface area contributed by atoms with Crippen LogP contribution in [0.4, 0.5) is 0 Å². The highest BCUT2D eigenvalue weighted by Gasteiger charge is 2.38. The van der Waals surface area contributed by atoms with Gasteiger partial charge in [-0.1, -0.05) is 6.42 Å². The first-order chi connectivity index (χ1) is 13.0. The lowest BCUT2D eigenvalue weighted by atomic mass is 10.0. The van der Waals surface area contributed by atoms with Crippen LogP contribution in [0, 0.1) is 6.92 Å². The van der Waals surface area contributed by atoms with Crippen LogP contribution in [-0.4, -0.2) is 45.6 Å². The van der Waals surface area contributed by atoms with E-state index >= 15 is 0 Å². The molecule has 1 fully saturated rings. The number of aromatic nitrogens is 4. The maximum Gasteiger partial charge on any atom is 0.247 e. The Bertz CT molecular complexity index is 939. The Hall–Kier alpha value is -1.84. The molecule has 1 saturated heterocycles. The molecule has 2 aliphatic heterocycles. The van der Waals surface area contributed by atoms with Crippen LogP contribution in [0.1, 0.15) is 55.0 Å². The second-order valence-corrected chi connectivity index (χ2v) is 9.05. The monoisotopic (exact) mass is 390 g/mol. The molecule has 4 heterocycles. The first kappa shape index (κ1) is 18.5. The van der Waals surface area contributed by atoms with Gasteiger partial charge in [-0.3, -0.25) is 4.68 Å². The lowest BCUT2D eigenvalue weighted by Crippen LogP contribution is -2.39. The molecule has 0 aromatic carbocycles. The van der Waals surface area contributed by atoms with Gasteiger partial charge in [0.05, 0.1) is 11.7 Å². The summed E-state index contributed by atoms with van der Waals surface area (Å²) in [5, 5.41) is 7.63. The van der Waals surface area contributed by atoms with Gasteiger partial charge < -0.3 is 5.32 Å². The number of piperidine rings is 1. The molecule has 1 N–H and O–H groups in total. The van der Waals surface area contributed by atoms with Gasteiger partial charge in [-0.25, -0.2) is 18.4 Å². The van der Waals surface area contributed by atoms with Crippen LogP contribution in [0.5, 0.6) is 0 Å². The van der Waals surface area contributed by atoms with Gasteiger partial charge in [0.1, 0.15) is 10.7 Å². The summed E-state index contributed by atoms with van der Waals surface area (Å²) in [6.07, 6.45) is 6.92. The number of sulfonamides is 1. The quantitative estimate of drug-likeness (QED) is 0.852. The number of fused-ring (bicyclic) bond motifs is 1. The normalized spacial score (nSPS) is 21.2. The van der Waals surface area contributed by atoms with E-state index < -0.39 is 10.0 Å². The molecule has 8 nitrogen and oxygen atoms in total. The van der Waals surface area contributed by atoms with E-state index in [1.54, 1.807) is 22.1 Å². The molecule has 0 unspecified atom stereocenters. The Kier molecular flexibility index (Phi) is 5.00. The van der Waals surface area contributed by atoms with Crippen LogP contribution < -0.4 is 5.32 Å². The zero-order chi connectivity index (χ0) is 19.0. The van der Waals surface area contributed by atoms with Crippen LogP contribution in [0.25, 0.3) is 0 Å². The molecule has 0 bridgehead atoms. The van der Waals surface area contributed by atoms with Gasteiger partial charge in [0.2, 0.25) is 10.0 Å². The van der Waals surface area contributed by atoms with E-state index in [0.29, 0.717) is 29.5 Å². The zero-order valence-corrected chi connectivity index (χ0v) is 16.7. The van der Waals surface area contributed by atoms with Crippen LogP contribution >= 0.6 is 0 Å². The summed E-state index contributed by atoms with van der Waals surface area (Å²) in [6, 6.07) is -0.312. The Balaban J connectivity index is 1.71. The molecule has 0 saturated carbocycles. The van der Waals surface area contributed by atoms with Crippen LogP contribution in [0.2, 0.25) is 0 Å². The van der Waals surface area contributed by atoms with Gasteiger partial charge in [-0.2, -0.15) is 9.40 Å². The smallest absolute Gasteiger partial charge is 0.247 e. The van der Waals surface area contributed by atoms with E-state index in [0.717, 1.165) is 50.0 Å². The van der Waals surface area contributed by atoms with Crippen LogP contribution in [0.3, 0.4) is 0 Å². The van der Waals surface area contributed by atoms with Crippen LogP contribution in [0.15, 0.2) is 17.3 Å². The molecule has 4 rings (SSSR count). The van der Waals surface area contributed by atoms with Gasteiger partial charge in [0.25, 0.3) is 0 Å². The fourth-order valence-electron chi connectivity index (χ4n) is 3.90. The Labute approximate surface area is 160 Å². The van der Waals surface area contributed by atoms with Crippen molar-refractivity contribution in [2.24, 2.45) is 0 Å². The molecule has 1 atom stereocenters. The van der Waals surface area contributed by atoms with Gasteiger partial charge in [-0.05, 0) is 26.7 Å². The third-order valence-electron chi connectivity index (χ3n) is 5.39. The fraction of sp³-hybridized carbons (Fsp3) is 0.611. The van der Waals surface area contributed by atoms with E-state index in [4.69, 9.17) is 4.98 Å². The van der Waals surface area contributed by atoms with Crippen molar-refractivity contribution in [1.82, 2.24) is 29.4 Å². The van der Waals surface area contributed by atoms with Gasteiger partial charge in [0.15, 0.2) is 0 Å². The lowest BCUT2D eigenvalue weighted by Gasteiger charge is -2.33. The molecule has 0 spiro atoms. The van der Waals surface area contributed by atoms with Crippen LogP contribution in [-0.2, 0) is 29.5 Å². The molecular formula is C18H26N6O2S. The van der Waals surface area contributed by atoms with E-state index in [1.807, 2.05) is 13.1 Å². The highest BCUT2D eigenvalue weighted by Crippen LogP contribution is 2.35. The molecule has 9 heteroatoms. The molecule has 27 heavy (non-hydrogen) atoms. The molecule has 0 radical (unpaired) electrons. The molecule has 2 aliphatic rings. The fourth-order valence-corrected chi connectivity index (χ4v) is 5.73. The Morgan fingerprint density at radius 1 is 1.33 bits per heavy atom. The standard InChI is InChI=1S/C18H26N6O2S/c1-3-23-12-17(13(2)22-23)27(25,26)24-9-5-4-6-16(24)18-20-11-14-10-19-8-7-15(14)21-18/h11-12,16,19H,3-10H2,1-2H3/t16-/m1/s1. The average molecular weight is 391 g/mol. The highest BCUT2D eigenvalue weighted by molar-refractivity contribution is 7.89. The van der Waals surface area contributed by atoms with Crippen molar-refractivity contribution in [3.05, 3.63) is 35.2 Å². The van der Waals surface area contributed by atoms with Crippen molar-refractivity contribution in [3.8, 4) is 0 Å². The van der Waals surface area contributed by atoms with Crippen molar-refractivity contribution in [2.75, 3.05) is 13.1 Å². The topological polar surface area (TPSA) is 93.0 Å². The summed E-state index contributed by atoms with van der Waals surface area (Å²) in [6.45, 7) is 6.50. The minimum Gasteiger partial charge on any atom is -0.312 e. The average Bonchev–Trinajstić information content (AvgIpc) is 3.09. The lowest BCUT2D eigenvalue weighted by molar-refractivity contribution is 0.245. The second kappa shape index (κ2) is 7.29. The molecule has 2 aromatic rings. The third kappa shape index (κ3) is 3.39. The minimum absolute atomic E-state index is 0.290. The van der Waals surface area contributed by atoms with Gasteiger partial charge >= 0.3 is 0 Å². The Morgan fingerprint density at radius 2 is 2.19 bits per heavy atom. The first-order valence-corrected chi connectivity index (χ1v) is 11.1. The van der Waals surface area contributed by atoms with E-state index in [2.05, 4.69) is 15.4 Å². The molecule has 146 valence electrons. The number of rotatable bonds is 4. The zero-order valence-electron chi connectivity index (χ0n) is 15.8. The van der Waals surface area contributed by atoms with Crippen molar-refractivity contribution >= 4 is 10.0 Å². The number of hydrogen-bond acceptors (Lipinski definition) is 6. The number of nitrogens with zero attached hydrogens (tertiary/aromatic N) is 5. The second-order valence-electron chi connectivity index (χ2n) is 7.19. The Morgan fingerprint density at radius 3 is 2.96 bits per heavy atom. The van der Waals surface area contributed by atoms with E-state index in [-0.39, 0.29) is 6.04 Å². The predicted molar refractivity (Wildman–Crippen MR) is 101 cm³/mol. The molecule has 2 aromatic heterocycles. The largest absolute Gasteiger partial charge is 0.312 e. The maximum atomic E-state index is 13.4. The highest BCUT2D eigenvalue weighted by atomic mass is 32.2. The van der Waals surface area contributed by atoms with Gasteiger partial charge in [-0.15, -0.1) is 0 Å². The van der Waals surface area contributed by atoms with E-state index in [1.165, 1.54) is 0 Å². The maximum absolute atomic E-state index is 13.4. The SMILES string of the molecule is CCn1cc(S(=O)(=O)N2CCCC[C@@H]2c2ncc3c(n2)CCNC3)c(C)n1. The summed E-state index contributed by atoms with van der Waals surface area (Å²) in [7, 11) is -3.64. The summed E-state index contributed by atoms with van der Waals surface area (Å²) in [5.41, 5.74) is 2.69.